The number of rotatable bonds is 4. The Bertz CT molecular complexity index is 355. The third-order valence-corrected chi connectivity index (χ3v) is 4.85. The van der Waals surface area contributed by atoms with Crippen molar-refractivity contribution in [3.63, 3.8) is 0 Å². The van der Waals surface area contributed by atoms with Crippen LogP contribution in [0.2, 0.25) is 4.34 Å². The molecule has 0 saturated carbocycles. The molecule has 0 aliphatic heterocycles. The second-order valence-electron chi connectivity index (χ2n) is 6.38. The third-order valence-electron chi connectivity index (χ3n) is 2.93. The number of nitrogens with one attached hydrogen (secondary N) is 1. The molecule has 0 atom stereocenters. The molecule has 98 valence electrons. The van der Waals surface area contributed by atoms with Gasteiger partial charge in [-0.15, -0.1) is 11.3 Å². The maximum Gasteiger partial charge on any atom is 0.0960 e. The highest BCUT2D eigenvalue weighted by Gasteiger charge is 2.24. The lowest BCUT2D eigenvalue weighted by molar-refractivity contribution is 0.382. The first-order valence-corrected chi connectivity index (χ1v) is 7.33. The molecule has 1 aromatic rings. The lowest BCUT2D eigenvalue weighted by Gasteiger charge is -2.27. The van der Waals surface area contributed by atoms with Crippen LogP contribution in [0.15, 0.2) is 6.07 Å². The molecule has 1 nitrogen and oxygen atoms in total. The predicted molar refractivity (Wildman–Crippen MR) is 79.5 cm³/mol. The summed E-state index contributed by atoms with van der Waals surface area (Å²) in [6.07, 6.45) is 1.13. The fourth-order valence-electron chi connectivity index (χ4n) is 1.67. The summed E-state index contributed by atoms with van der Waals surface area (Å²) in [5.41, 5.74) is 1.59. The number of thiophene rings is 1. The van der Waals surface area contributed by atoms with Gasteiger partial charge in [-0.05, 0) is 52.3 Å². The minimum atomic E-state index is 0.194. The molecular weight excluding hydrogens is 250 g/mol. The fraction of sp³-hybridized carbons (Fsp3) is 0.714. The molecule has 1 heterocycles. The van der Waals surface area contributed by atoms with E-state index in [1.807, 2.05) is 0 Å². The van der Waals surface area contributed by atoms with Gasteiger partial charge in [0, 0.05) is 15.8 Å². The number of hydrogen-bond donors (Lipinski definition) is 1. The molecule has 0 aromatic carbocycles. The summed E-state index contributed by atoms with van der Waals surface area (Å²) in [6, 6.07) is 2.23. The van der Waals surface area contributed by atoms with Gasteiger partial charge in [0.05, 0.1) is 4.34 Å². The Morgan fingerprint density at radius 3 is 2.24 bits per heavy atom. The minimum absolute atomic E-state index is 0.194. The molecular formula is C14H24ClNS. The van der Waals surface area contributed by atoms with Gasteiger partial charge in [-0.3, -0.25) is 0 Å². The second kappa shape index (κ2) is 5.29. The van der Waals surface area contributed by atoms with Crippen LogP contribution in [-0.2, 0) is 5.41 Å². The van der Waals surface area contributed by atoms with Gasteiger partial charge in [0.2, 0.25) is 0 Å². The van der Waals surface area contributed by atoms with Crippen LogP contribution in [0.25, 0.3) is 0 Å². The molecule has 1 rings (SSSR count). The van der Waals surface area contributed by atoms with Crippen molar-refractivity contribution in [1.29, 1.82) is 0 Å². The van der Waals surface area contributed by atoms with Crippen molar-refractivity contribution in [2.75, 3.05) is 6.54 Å². The van der Waals surface area contributed by atoms with Crippen molar-refractivity contribution in [3.8, 4) is 0 Å². The van der Waals surface area contributed by atoms with E-state index in [-0.39, 0.29) is 11.0 Å². The highest BCUT2D eigenvalue weighted by Crippen LogP contribution is 2.37. The van der Waals surface area contributed by atoms with E-state index in [2.05, 4.69) is 52.9 Å². The number of aryl methyl sites for hydroxylation is 1. The molecule has 0 radical (unpaired) electrons. The van der Waals surface area contributed by atoms with E-state index in [1.54, 1.807) is 11.3 Å². The molecule has 1 aromatic heterocycles. The summed E-state index contributed by atoms with van der Waals surface area (Å²) in [5.74, 6) is 0. The first-order chi connectivity index (χ1) is 7.62. The summed E-state index contributed by atoms with van der Waals surface area (Å²) >= 11 is 7.86. The van der Waals surface area contributed by atoms with E-state index in [4.69, 9.17) is 11.6 Å². The average Bonchev–Trinajstić information content (AvgIpc) is 2.45. The van der Waals surface area contributed by atoms with Gasteiger partial charge in [-0.2, -0.15) is 0 Å². The van der Waals surface area contributed by atoms with Gasteiger partial charge < -0.3 is 5.32 Å². The highest BCUT2D eigenvalue weighted by atomic mass is 35.5. The van der Waals surface area contributed by atoms with Crippen LogP contribution in [-0.4, -0.2) is 12.1 Å². The Balaban J connectivity index is 2.62. The zero-order chi connectivity index (χ0) is 13.3. The van der Waals surface area contributed by atoms with E-state index >= 15 is 0 Å². The molecule has 0 aliphatic rings. The first-order valence-electron chi connectivity index (χ1n) is 6.13. The molecule has 0 unspecified atom stereocenters. The van der Waals surface area contributed by atoms with E-state index in [0.29, 0.717) is 0 Å². The first kappa shape index (κ1) is 15.0. The Labute approximate surface area is 115 Å². The lowest BCUT2D eigenvalue weighted by atomic mass is 9.87. The Kier molecular flexibility index (Phi) is 4.67. The molecule has 17 heavy (non-hydrogen) atoms. The Morgan fingerprint density at radius 1 is 1.24 bits per heavy atom. The maximum atomic E-state index is 6.14. The molecule has 3 heteroatoms. The molecule has 1 N–H and O–H groups in total. The van der Waals surface area contributed by atoms with Crippen LogP contribution in [0.5, 0.6) is 0 Å². The van der Waals surface area contributed by atoms with Crippen molar-refractivity contribution in [2.45, 2.75) is 58.9 Å². The van der Waals surface area contributed by atoms with Crippen LogP contribution >= 0.6 is 22.9 Å². The molecule has 0 bridgehead atoms. The predicted octanol–water partition coefficient (Wildman–Crippen LogP) is 4.77. The summed E-state index contributed by atoms with van der Waals surface area (Å²) in [5, 5.41) is 3.54. The number of halogens is 1. The van der Waals surface area contributed by atoms with Gasteiger partial charge in [-0.25, -0.2) is 0 Å². The van der Waals surface area contributed by atoms with E-state index in [1.165, 1.54) is 10.4 Å². The fourth-order valence-corrected chi connectivity index (χ4v) is 3.00. The van der Waals surface area contributed by atoms with E-state index in [9.17, 15) is 0 Å². The van der Waals surface area contributed by atoms with Crippen LogP contribution in [0.4, 0.5) is 0 Å². The van der Waals surface area contributed by atoms with Crippen LogP contribution in [0.1, 0.15) is 51.5 Å². The summed E-state index contributed by atoms with van der Waals surface area (Å²) in [7, 11) is 0. The van der Waals surface area contributed by atoms with Crippen LogP contribution in [0, 0.1) is 6.92 Å². The summed E-state index contributed by atoms with van der Waals surface area (Å²) in [6.45, 7) is 14.3. The zero-order valence-electron chi connectivity index (χ0n) is 11.8. The SMILES string of the molecule is Cc1cc(C(C)(C)CCNC(C)(C)C)sc1Cl. The molecule has 0 fully saturated rings. The number of hydrogen-bond acceptors (Lipinski definition) is 2. The van der Waals surface area contributed by atoms with Crippen molar-refractivity contribution in [1.82, 2.24) is 5.32 Å². The van der Waals surface area contributed by atoms with Crippen LogP contribution < -0.4 is 5.32 Å². The largest absolute Gasteiger partial charge is 0.312 e. The van der Waals surface area contributed by atoms with Gasteiger partial charge >= 0.3 is 0 Å². The quantitative estimate of drug-likeness (QED) is 0.834. The van der Waals surface area contributed by atoms with E-state index < -0.39 is 0 Å². The maximum absolute atomic E-state index is 6.14. The normalized spacial score (nSPS) is 13.1. The van der Waals surface area contributed by atoms with E-state index in [0.717, 1.165) is 17.3 Å². The van der Waals surface area contributed by atoms with Crippen molar-refractivity contribution < 1.29 is 0 Å². The van der Waals surface area contributed by atoms with Crippen molar-refractivity contribution in [3.05, 3.63) is 20.8 Å². The smallest absolute Gasteiger partial charge is 0.0960 e. The molecule has 0 saturated heterocycles. The zero-order valence-corrected chi connectivity index (χ0v) is 13.4. The van der Waals surface area contributed by atoms with Gasteiger partial charge in [0.15, 0.2) is 0 Å². The molecule has 0 aliphatic carbocycles. The Hall–Kier alpha value is -0.0500. The lowest BCUT2D eigenvalue weighted by Crippen LogP contribution is -2.38. The van der Waals surface area contributed by atoms with Gasteiger partial charge in [0.25, 0.3) is 0 Å². The standard InChI is InChI=1S/C14H24ClNS/c1-10-9-11(17-12(10)15)14(5,6)7-8-16-13(2,3)4/h9,16H,7-8H2,1-6H3. The van der Waals surface area contributed by atoms with Gasteiger partial charge in [0.1, 0.15) is 0 Å². The molecule has 0 amide bonds. The summed E-state index contributed by atoms with van der Waals surface area (Å²) in [4.78, 5) is 1.38. The van der Waals surface area contributed by atoms with Crippen LogP contribution in [0.3, 0.4) is 0 Å². The molecule has 0 spiro atoms. The monoisotopic (exact) mass is 273 g/mol. The highest BCUT2D eigenvalue weighted by molar-refractivity contribution is 7.16. The van der Waals surface area contributed by atoms with Crippen molar-refractivity contribution >= 4 is 22.9 Å². The van der Waals surface area contributed by atoms with Gasteiger partial charge in [-0.1, -0.05) is 25.4 Å². The minimum Gasteiger partial charge on any atom is -0.312 e. The average molecular weight is 274 g/mol. The van der Waals surface area contributed by atoms with Crippen molar-refractivity contribution in [2.24, 2.45) is 0 Å². The Morgan fingerprint density at radius 2 is 1.82 bits per heavy atom. The third kappa shape index (κ3) is 4.61. The topological polar surface area (TPSA) is 12.0 Å². The summed E-state index contributed by atoms with van der Waals surface area (Å²) < 4.78 is 0.928. The second-order valence-corrected chi connectivity index (χ2v) is 8.03.